The molecular formula is C22H30IN3O2. The predicted octanol–water partition coefficient (Wildman–Crippen LogP) is 4.37. The summed E-state index contributed by atoms with van der Waals surface area (Å²) in [6.07, 6.45) is 1.76. The van der Waals surface area contributed by atoms with E-state index < -0.39 is 0 Å². The molecule has 5 nitrogen and oxygen atoms in total. The lowest BCUT2D eigenvalue weighted by molar-refractivity contribution is -0.0854. The van der Waals surface area contributed by atoms with Gasteiger partial charge in [-0.15, -0.1) is 24.0 Å². The summed E-state index contributed by atoms with van der Waals surface area (Å²) in [6.45, 7) is 4.87. The largest absolute Gasteiger partial charge is 0.381 e. The van der Waals surface area contributed by atoms with Crippen molar-refractivity contribution in [3.8, 4) is 0 Å². The van der Waals surface area contributed by atoms with Gasteiger partial charge in [-0.2, -0.15) is 0 Å². The molecule has 2 N–H and O–H groups in total. The number of aliphatic imine (C=N–C) groups is 1. The number of halogens is 1. The van der Waals surface area contributed by atoms with E-state index in [4.69, 9.17) is 14.5 Å². The van der Waals surface area contributed by atoms with Gasteiger partial charge in [0.2, 0.25) is 0 Å². The number of para-hydroxylation sites is 1. The van der Waals surface area contributed by atoms with E-state index in [0.29, 0.717) is 13.1 Å². The van der Waals surface area contributed by atoms with Crippen molar-refractivity contribution in [3.63, 3.8) is 0 Å². The Bertz CT molecular complexity index is 729. The molecule has 2 aromatic carbocycles. The molecule has 1 fully saturated rings. The quantitative estimate of drug-likeness (QED) is 0.355. The Labute approximate surface area is 184 Å². The number of aryl methyl sites for hydroxylation is 1. The fourth-order valence-corrected chi connectivity index (χ4v) is 3.10. The van der Waals surface area contributed by atoms with Crippen molar-refractivity contribution >= 4 is 35.6 Å². The van der Waals surface area contributed by atoms with Gasteiger partial charge in [0, 0.05) is 45.4 Å². The van der Waals surface area contributed by atoms with E-state index in [-0.39, 0.29) is 29.6 Å². The van der Waals surface area contributed by atoms with Crippen molar-refractivity contribution in [1.82, 2.24) is 5.32 Å². The van der Waals surface area contributed by atoms with Crippen LogP contribution in [-0.4, -0.2) is 38.4 Å². The summed E-state index contributed by atoms with van der Waals surface area (Å²) in [4.78, 5) is 4.78. The summed E-state index contributed by atoms with van der Waals surface area (Å²) >= 11 is 0. The second-order valence-corrected chi connectivity index (χ2v) is 6.99. The number of hydrogen-bond acceptors (Lipinski definition) is 3. The third kappa shape index (κ3) is 6.76. The van der Waals surface area contributed by atoms with Crippen LogP contribution in [0.4, 0.5) is 5.69 Å². The minimum atomic E-state index is -0.207. The Hall–Kier alpha value is -1.64. The van der Waals surface area contributed by atoms with Crippen LogP contribution >= 0.6 is 24.0 Å². The molecule has 0 radical (unpaired) electrons. The smallest absolute Gasteiger partial charge is 0.196 e. The van der Waals surface area contributed by atoms with E-state index >= 15 is 0 Å². The number of ether oxygens (including phenoxy) is 2. The fraction of sp³-hybridized carbons (Fsp3) is 0.409. The highest BCUT2D eigenvalue weighted by Gasteiger charge is 2.32. The lowest BCUT2D eigenvalue weighted by Crippen LogP contribution is -2.49. The molecule has 152 valence electrons. The molecule has 0 aromatic heterocycles. The van der Waals surface area contributed by atoms with Gasteiger partial charge < -0.3 is 20.1 Å². The zero-order valence-electron chi connectivity index (χ0n) is 16.6. The highest BCUT2D eigenvalue weighted by atomic mass is 127. The maximum atomic E-state index is 5.83. The zero-order chi connectivity index (χ0) is 19.0. The lowest BCUT2D eigenvalue weighted by atomic mass is 9.94. The average Bonchev–Trinajstić information content (AvgIpc) is 2.72. The van der Waals surface area contributed by atoms with Crippen molar-refractivity contribution in [2.75, 3.05) is 32.2 Å². The molecule has 0 spiro atoms. The lowest BCUT2D eigenvalue weighted by Gasteiger charge is -2.36. The average molecular weight is 495 g/mol. The molecule has 2 aromatic rings. The molecular weight excluding hydrogens is 465 g/mol. The van der Waals surface area contributed by atoms with Crippen molar-refractivity contribution < 1.29 is 9.47 Å². The van der Waals surface area contributed by atoms with Crippen molar-refractivity contribution in [2.24, 2.45) is 4.99 Å². The SMILES string of the molecule is COC1(CNC(=NCc2ccc(C)cc2)Nc2ccccc2)CCOCC1.I. The van der Waals surface area contributed by atoms with Gasteiger partial charge in [-0.1, -0.05) is 48.0 Å². The Morgan fingerprint density at radius 1 is 1.07 bits per heavy atom. The standard InChI is InChI=1S/C22H29N3O2.HI/c1-18-8-10-19(11-9-18)16-23-21(25-20-6-4-3-5-7-20)24-17-22(26-2)12-14-27-15-13-22;/h3-11H,12-17H2,1-2H3,(H2,23,24,25);1H. The minimum absolute atomic E-state index is 0. The Balaban J connectivity index is 0.00000280. The molecule has 0 aliphatic carbocycles. The van der Waals surface area contributed by atoms with Crippen molar-refractivity contribution in [3.05, 3.63) is 65.7 Å². The number of anilines is 1. The highest BCUT2D eigenvalue weighted by molar-refractivity contribution is 14.0. The monoisotopic (exact) mass is 495 g/mol. The predicted molar refractivity (Wildman–Crippen MR) is 126 cm³/mol. The van der Waals surface area contributed by atoms with E-state index in [1.165, 1.54) is 11.1 Å². The number of guanidine groups is 1. The molecule has 6 heteroatoms. The number of hydrogen-bond donors (Lipinski definition) is 2. The molecule has 1 aliphatic rings. The number of methoxy groups -OCH3 is 1. The number of nitrogens with one attached hydrogen (secondary N) is 2. The van der Waals surface area contributed by atoms with Crippen LogP contribution in [0.2, 0.25) is 0 Å². The van der Waals surface area contributed by atoms with Gasteiger partial charge in [0.25, 0.3) is 0 Å². The first kappa shape index (κ1) is 22.6. The maximum Gasteiger partial charge on any atom is 0.196 e. The Kier molecular flexibility index (Phi) is 9.21. The van der Waals surface area contributed by atoms with Gasteiger partial charge in [-0.05, 0) is 24.6 Å². The fourth-order valence-electron chi connectivity index (χ4n) is 3.10. The zero-order valence-corrected chi connectivity index (χ0v) is 18.9. The van der Waals surface area contributed by atoms with Crippen LogP contribution in [0.5, 0.6) is 0 Å². The molecule has 0 bridgehead atoms. The summed E-state index contributed by atoms with van der Waals surface area (Å²) in [7, 11) is 1.78. The first-order valence-corrected chi connectivity index (χ1v) is 9.48. The molecule has 0 amide bonds. The topological polar surface area (TPSA) is 54.9 Å². The third-order valence-electron chi connectivity index (χ3n) is 4.99. The van der Waals surface area contributed by atoms with E-state index in [2.05, 4.69) is 41.8 Å². The first-order valence-electron chi connectivity index (χ1n) is 9.48. The number of benzene rings is 2. The summed E-state index contributed by atoms with van der Waals surface area (Å²) in [5, 5.41) is 6.86. The van der Waals surface area contributed by atoms with E-state index in [0.717, 1.165) is 37.7 Å². The number of rotatable bonds is 6. The minimum Gasteiger partial charge on any atom is -0.381 e. The second kappa shape index (κ2) is 11.4. The van der Waals surface area contributed by atoms with Gasteiger partial charge in [0.1, 0.15) is 0 Å². The molecule has 0 saturated carbocycles. The van der Waals surface area contributed by atoms with Crippen LogP contribution in [0, 0.1) is 6.92 Å². The van der Waals surface area contributed by atoms with Crippen LogP contribution in [0.15, 0.2) is 59.6 Å². The van der Waals surface area contributed by atoms with E-state index in [9.17, 15) is 0 Å². The molecule has 0 unspecified atom stereocenters. The van der Waals surface area contributed by atoms with Gasteiger partial charge in [0.15, 0.2) is 5.96 Å². The van der Waals surface area contributed by atoms with E-state index in [1.54, 1.807) is 7.11 Å². The first-order chi connectivity index (χ1) is 13.2. The second-order valence-electron chi connectivity index (χ2n) is 6.99. The summed E-state index contributed by atoms with van der Waals surface area (Å²) in [5.74, 6) is 0.754. The normalized spacial score (nSPS) is 16.1. The van der Waals surface area contributed by atoms with Crippen LogP contribution < -0.4 is 10.6 Å². The van der Waals surface area contributed by atoms with Gasteiger partial charge in [0.05, 0.1) is 12.1 Å². The van der Waals surface area contributed by atoms with Crippen LogP contribution in [-0.2, 0) is 16.0 Å². The summed E-state index contributed by atoms with van der Waals surface area (Å²) < 4.78 is 11.3. The van der Waals surface area contributed by atoms with Crippen LogP contribution in [0.1, 0.15) is 24.0 Å². The molecule has 0 atom stereocenters. The molecule has 1 heterocycles. The Morgan fingerprint density at radius 3 is 2.39 bits per heavy atom. The maximum absolute atomic E-state index is 5.83. The van der Waals surface area contributed by atoms with E-state index in [1.807, 2.05) is 30.3 Å². The van der Waals surface area contributed by atoms with Crippen LogP contribution in [0.25, 0.3) is 0 Å². The molecule has 28 heavy (non-hydrogen) atoms. The third-order valence-corrected chi connectivity index (χ3v) is 4.99. The molecule has 1 aliphatic heterocycles. The molecule has 3 rings (SSSR count). The summed E-state index contributed by atoms with van der Waals surface area (Å²) in [5.41, 5.74) is 3.24. The van der Waals surface area contributed by atoms with Crippen LogP contribution in [0.3, 0.4) is 0 Å². The van der Waals surface area contributed by atoms with Gasteiger partial charge >= 0.3 is 0 Å². The Morgan fingerprint density at radius 2 is 1.75 bits per heavy atom. The molecule has 1 saturated heterocycles. The summed E-state index contributed by atoms with van der Waals surface area (Å²) in [6, 6.07) is 18.6. The van der Waals surface area contributed by atoms with Gasteiger partial charge in [-0.25, -0.2) is 4.99 Å². The highest BCUT2D eigenvalue weighted by Crippen LogP contribution is 2.23. The van der Waals surface area contributed by atoms with Gasteiger partial charge in [-0.3, -0.25) is 0 Å². The van der Waals surface area contributed by atoms with Crippen molar-refractivity contribution in [2.45, 2.75) is 31.9 Å². The number of nitrogens with zero attached hydrogens (tertiary/aromatic N) is 1. The van der Waals surface area contributed by atoms with Crippen molar-refractivity contribution in [1.29, 1.82) is 0 Å².